The maximum Gasteiger partial charge on any atom is 0.264 e. The van der Waals surface area contributed by atoms with Crippen LogP contribution < -0.4 is 10.0 Å². The number of hydrogen-bond acceptors (Lipinski definition) is 4. The molecule has 0 bridgehead atoms. The summed E-state index contributed by atoms with van der Waals surface area (Å²) in [7, 11) is -3.66. The van der Waals surface area contributed by atoms with Gasteiger partial charge in [-0.05, 0) is 25.3 Å². The minimum absolute atomic E-state index is 0.0947. The maximum atomic E-state index is 12.5. The molecule has 0 aliphatic carbocycles. The van der Waals surface area contributed by atoms with Crippen molar-refractivity contribution in [3.05, 3.63) is 41.0 Å². The van der Waals surface area contributed by atoms with Crippen molar-refractivity contribution in [3.63, 3.8) is 0 Å². The number of nitrogens with zero attached hydrogens (tertiary/aromatic N) is 1. The highest BCUT2D eigenvalue weighted by molar-refractivity contribution is 8.00. The molecule has 0 fully saturated rings. The molecule has 2 rings (SSSR count). The second-order valence-corrected chi connectivity index (χ2v) is 7.27. The first-order chi connectivity index (χ1) is 11.4. The molecular weight excluding hydrogens is 326 g/mol. The fraction of sp³-hybridized carbons (Fsp3) is 0.412. The molecule has 1 aliphatic heterocycles. The van der Waals surface area contributed by atoms with Gasteiger partial charge in [-0.1, -0.05) is 43.7 Å². The average Bonchev–Trinajstić information content (AvgIpc) is 2.81. The van der Waals surface area contributed by atoms with E-state index in [9.17, 15) is 13.2 Å². The monoisotopic (exact) mass is 349 g/mol. The minimum Gasteiger partial charge on any atom is -0.355 e. The Kier molecular flexibility index (Phi) is 5.77. The van der Waals surface area contributed by atoms with Gasteiger partial charge in [0.15, 0.2) is 0 Å². The molecule has 1 heterocycles. The average molecular weight is 349 g/mol. The summed E-state index contributed by atoms with van der Waals surface area (Å²) in [4.78, 5) is 16.1. The van der Waals surface area contributed by atoms with Crippen molar-refractivity contribution in [2.45, 2.75) is 33.6 Å². The molecule has 0 unspecified atom stereocenters. The van der Waals surface area contributed by atoms with E-state index >= 15 is 0 Å². The van der Waals surface area contributed by atoms with Crippen molar-refractivity contribution in [1.29, 1.82) is 0 Å². The van der Waals surface area contributed by atoms with Crippen molar-refractivity contribution in [3.8, 4) is 0 Å². The van der Waals surface area contributed by atoms with E-state index in [1.165, 1.54) is 0 Å². The number of sulfonamides is 1. The number of amidine groups is 1. The highest BCUT2D eigenvalue weighted by Gasteiger charge is 2.33. The van der Waals surface area contributed by atoms with E-state index in [4.69, 9.17) is 0 Å². The molecule has 0 atom stereocenters. The minimum atomic E-state index is -3.66. The summed E-state index contributed by atoms with van der Waals surface area (Å²) in [5.74, 6) is 0.0440. The quantitative estimate of drug-likeness (QED) is 0.823. The lowest BCUT2D eigenvalue weighted by atomic mass is 10.1. The number of carbonyl (C=O) groups excluding carboxylic acids is 1. The lowest BCUT2D eigenvalue weighted by Crippen LogP contribution is -2.29. The normalized spacial score (nSPS) is 17.9. The molecule has 7 heteroatoms. The molecule has 6 nitrogen and oxygen atoms in total. The zero-order valence-corrected chi connectivity index (χ0v) is 15.0. The first-order valence-electron chi connectivity index (χ1n) is 8.03. The molecule has 0 saturated carbocycles. The highest BCUT2D eigenvalue weighted by Crippen LogP contribution is 2.31. The number of nitrogens with one attached hydrogen (secondary N) is 2. The van der Waals surface area contributed by atoms with Gasteiger partial charge >= 0.3 is 0 Å². The molecule has 2 N–H and O–H groups in total. The topological polar surface area (TPSA) is 87.6 Å². The van der Waals surface area contributed by atoms with Crippen LogP contribution in [-0.4, -0.2) is 33.3 Å². The molecule has 0 saturated heterocycles. The Labute approximate surface area is 143 Å². The van der Waals surface area contributed by atoms with Crippen LogP contribution in [0.5, 0.6) is 0 Å². The Morgan fingerprint density at radius 2 is 1.88 bits per heavy atom. The van der Waals surface area contributed by atoms with Crippen LogP contribution in [0.1, 0.15) is 37.8 Å². The molecular formula is C17H23N3O3S. The third-order valence-corrected chi connectivity index (χ3v) is 5.16. The zero-order chi connectivity index (χ0) is 17.7. The van der Waals surface area contributed by atoms with Crippen LogP contribution in [0.25, 0.3) is 4.91 Å². The first kappa shape index (κ1) is 18.2. The number of hydrogen-bond donors (Lipinski definition) is 2. The molecule has 1 aromatic rings. The van der Waals surface area contributed by atoms with Gasteiger partial charge < -0.3 is 5.32 Å². The Hall–Kier alpha value is -2.15. The van der Waals surface area contributed by atoms with Gasteiger partial charge in [0.1, 0.15) is 17.3 Å². The van der Waals surface area contributed by atoms with Gasteiger partial charge in [0.2, 0.25) is 5.91 Å². The van der Waals surface area contributed by atoms with Crippen molar-refractivity contribution < 1.29 is 13.2 Å². The Morgan fingerprint density at radius 3 is 2.46 bits per heavy atom. The summed E-state index contributed by atoms with van der Waals surface area (Å²) in [6.07, 6.45) is 1.34. The van der Waals surface area contributed by atoms with Crippen LogP contribution >= 0.6 is 0 Å². The number of aryl methyl sites for hydroxylation is 1. The van der Waals surface area contributed by atoms with Crippen LogP contribution in [0.4, 0.5) is 0 Å². The maximum absolute atomic E-state index is 12.5. The van der Waals surface area contributed by atoms with E-state index in [2.05, 4.69) is 15.0 Å². The molecule has 24 heavy (non-hydrogen) atoms. The Morgan fingerprint density at radius 1 is 1.21 bits per heavy atom. The smallest absolute Gasteiger partial charge is 0.264 e. The summed E-state index contributed by atoms with van der Waals surface area (Å²) in [5, 5.41) is 2.72. The van der Waals surface area contributed by atoms with Gasteiger partial charge in [0, 0.05) is 12.1 Å². The van der Waals surface area contributed by atoms with Crippen LogP contribution in [0.2, 0.25) is 0 Å². The molecule has 1 aromatic carbocycles. The Balaban J connectivity index is 2.35. The van der Waals surface area contributed by atoms with E-state index in [0.717, 1.165) is 12.0 Å². The molecule has 1 amide bonds. The van der Waals surface area contributed by atoms with Gasteiger partial charge in [0.25, 0.3) is 10.0 Å². The summed E-state index contributed by atoms with van der Waals surface area (Å²) < 4.78 is 27.5. The molecule has 0 spiro atoms. The second-order valence-electron chi connectivity index (χ2n) is 5.65. The highest BCUT2D eigenvalue weighted by atomic mass is 32.2. The first-order valence-corrected chi connectivity index (χ1v) is 9.51. The zero-order valence-electron chi connectivity index (χ0n) is 14.2. The molecule has 0 radical (unpaired) electrons. The fourth-order valence-corrected chi connectivity index (χ4v) is 4.03. The summed E-state index contributed by atoms with van der Waals surface area (Å²) in [6.45, 7) is 6.27. The van der Waals surface area contributed by atoms with Crippen LogP contribution in [0.3, 0.4) is 0 Å². The van der Waals surface area contributed by atoms with Gasteiger partial charge in [0.05, 0.1) is 0 Å². The third kappa shape index (κ3) is 4.03. The predicted molar refractivity (Wildman–Crippen MR) is 96.0 cm³/mol. The van der Waals surface area contributed by atoms with E-state index in [1.807, 2.05) is 32.9 Å². The summed E-state index contributed by atoms with van der Waals surface area (Å²) in [5.41, 5.74) is 2.30. The van der Waals surface area contributed by atoms with E-state index in [1.54, 1.807) is 12.1 Å². The van der Waals surface area contributed by atoms with E-state index in [-0.39, 0.29) is 23.2 Å². The number of benzene rings is 1. The number of carbonyl (C=O) groups is 1. The lowest BCUT2D eigenvalue weighted by molar-refractivity contribution is -0.119. The molecule has 0 aromatic heterocycles. The van der Waals surface area contributed by atoms with E-state index < -0.39 is 10.0 Å². The van der Waals surface area contributed by atoms with Gasteiger partial charge in [-0.2, -0.15) is 0 Å². The lowest BCUT2D eigenvalue weighted by Gasteiger charge is -2.04. The number of aliphatic imine (C=N–C) groups is 1. The van der Waals surface area contributed by atoms with Crippen molar-refractivity contribution in [2.24, 2.45) is 4.99 Å². The van der Waals surface area contributed by atoms with Crippen LogP contribution in [0.15, 0.2) is 34.8 Å². The van der Waals surface area contributed by atoms with Crippen LogP contribution in [0, 0.1) is 6.92 Å². The standard InChI is InChI=1S/C17H23N3O3S/c1-4-10-18-15(21)11-19-17-14(5-2)16(24(22,23)20-17)13-8-6-12(3)7-9-13/h6-9H,4-5,10-11H2,1-3H3,(H,18,21)(H,19,20). The second kappa shape index (κ2) is 7.61. The summed E-state index contributed by atoms with van der Waals surface area (Å²) in [6, 6.07) is 7.32. The fourth-order valence-electron chi connectivity index (χ4n) is 2.47. The van der Waals surface area contributed by atoms with Crippen molar-refractivity contribution >= 4 is 26.7 Å². The molecule has 1 aliphatic rings. The largest absolute Gasteiger partial charge is 0.355 e. The van der Waals surface area contributed by atoms with Gasteiger partial charge in [-0.25, -0.2) is 8.42 Å². The van der Waals surface area contributed by atoms with Gasteiger partial charge in [-0.15, -0.1) is 0 Å². The SMILES string of the molecule is CCCNC(=O)CN=C1NS(=O)(=O)C(c2ccc(C)cc2)=C1CC. The van der Waals surface area contributed by atoms with E-state index in [0.29, 0.717) is 24.1 Å². The number of rotatable bonds is 6. The van der Waals surface area contributed by atoms with Gasteiger partial charge in [-0.3, -0.25) is 14.5 Å². The molecule has 130 valence electrons. The predicted octanol–water partition coefficient (Wildman–Crippen LogP) is 1.97. The number of amides is 1. The third-order valence-electron chi connectivity index (χ3n) is 3.68. The van der Waals surface area contributed by atoms with Crippen LogP contribution in [-0.2, 0) is 14.8 Å². The van der Waals surface area contributed by atoms with Crippen molar-refractivity contribution in [2.75, 3.05) is 13.1 Å². The Bertz CT molecular complexity index is 778. The summed E-state index contributed by atoms with van der Waals surface area (Å²) >= 11 is 0. The van der Waals surface area contributed by atoms with Crippen molar-refractivity contribution in [1.82, 2.24) is 10.0 Å².